The average Bonchev–Trinajstić information content (AvgIpc) is 2.74. The number of hydrogen-bond acceptors (Lipinski definition) is 5. The third-order valence-corrected chi connectivity index (χ3v) is 6.10. The first-order valence-corrected chi connectivity index (χ1v) is 11.4. The molecule has 1 aromatic carbocycles. The normalized spacial score (nSPS) is 23.5. The Morgan fingerprint density at radius 1 is 1.19 bits per heavy atom. The topological polar surface area (TPSA) is 71.1 Å². The van der Waals surface area contributed by atoms with Crippen molar-refractivity contribution in [2.75, 3.05) is 33.3 Å². The van der Waals surface area contributed by atoms with Crippen LogP contribution in [0.3, 0.4) is 0 Å². The average molecular weight is 452 g/mol. The zero-order valence-corrected chi connectivity index (χ0v) is 19.7. The highest BCUT2D eigenvalue weighted by Crippen LogP contribution is 2.26. The smallest absolute Gasteiger partial charge is 0.410 e. The minimum Gasteiger partial charge on any atom is -0.444 e. The Bertz CT molecular complexity index is 757. The van der Waals surface area contributed by atoms with Crippen LogP contribution < -0.4 is 5.32 Å². The fourth-order valence-electron chi connectivity index (χ4n) is 4.26. The van der Waals surface area contributed by atoms with Gasteiger partial charge in [0, 0.05) is 43.8 Å². The molecule has 1 unspecified atom stereocenters. The summed E-state index contributed by atoms with van der Waals surface area (Å²) in [5.74, 6) is -0.0962. The Balaban J connectivity index is 1.67. The Hall–Kier alpha value is -1.83. The van der Waals surface area contributed by atoms with Crippen LogP contribution in [-0.2, 0) is 20.7 Å². The van der Waals surface area contributed by atoms with Gasteiger partial charge in [0.1, 0.15) is 11.7 Å². The Morgan fingerprint density at radius 3 is 2.42 bits per heavy atom. The van der Waals surface area contributed by atoms with E-state index in [0.717, 1.165) is 24.3 Å². The maximum atomic E-state index is 12.4. The number of carbonyl (C=O) groups excluding carboxylic acids is 2. The molecule has 2 heterocycles. The van der Waals surface area contributed by atoms with Crippen LogP contribution in [0, 0.1) is 0 Å². The molecule has 31 heavy (non-hydrogen) atoms. The van der Waals surface area contributed by atoms with Crippen LogP contribution in [0.2, 0.25) is 5.02 Å². The highest BCUT2D eigenvalue weighted by Gasteiger charge is 2.38. The number of benzene rings is 1. The van der Waals surface area contributed by atoms with E-state index in [4.69, 9.17) is 21.1 Å². The summed E-state index contributed by atoms with van der Waals surface area (Å²) in [6, 6.07) is 8.33. The van der Waals surface area contributed by atoms with Gasteiger partial charge < -0.3 is 19.7 Å². The molecule has 2 aliphatic heterocycles. The highest BCUT2D eigenvalue weighted by atomic mass is 35.5. The molecule has 0 bridgehead atoms. The van der Waals surface area contributed by atoms with Gasteiger partial charge in [-0.15, -0.1) is 0 Å². The van der Waals surface area contributed by atoms with E-state index < -0.39 is 11.7 Å². The lowest BCUT2D eigenvalue weighted by atomic mass is 9.96. The van der Waals surface area contributed by atoms with Gasteiger partial charge in [0.15, 0.2) is 0 Å². The van der Waals surface area contributed by atoms with Crippen molar-refractivity contribution < 1.29 is 19.1 Å². The number of likely N-dealkylation sites (N-methyl/N-ethyl adjacent to an activating group) is 1. The lowest BCUT2D eigenvalue weighted by Gasteiger charge is -2.46. The van der Waals surface area contributed by atoms with E-state index in [-0.39, 0.29) is 24.1 Å². The molecule has 2 atom stereocenters. The molecule has 2 fully saturated rings. The summed E-state index contributed by atoms with van der Waals surface area (Å²) in [5, 5.41) is 3.42. The van der Waals surface area contributed by atoms with E-state index in [1.54, 1.807) is 11.9 Å². The quantitative estimate of drug-likeness (QED) is 0.761. The van der Waals surface area contributed by atoms with Crippen molar-refractivity contribution in [2.24, 2.45) is 0 Å². The lowest BCUT2D eigenvalue weighted by molar-refractivity contribution is -0.145. The molecule has 0 aromatic heterocycles. The first-order valence-electron chi connectivity index (χ1n) is 11.0. The predicted octanol–water partition coefficient (Wildman–Crippen LogP) is 3.10. The summed E-state index contributed by atoms with van der Waals surface area (Å²) in [7, 11) is 1.63. The van der Waals surface area contributed by atoms with Crippen molar-refractivity contribution in [3.8, 4) is 0 Å². The molecule has 1 N–H and O–H groups in total. The molecule has 2 saturated heterocycles. The number of nitrogens with one attached hydrogen (secondary N) is 1. The number of hydrogen-bond donors (Lipinski definition) is 1. The van der Waals surface area contributed by atoms with Crippen molar-refractivity contribution in [1.82, 2.24) is 15.1 Å². The SMILES string of the molecule is CNC(=O)C1CN(C2CCN(C(=O)OC(C)(C)C)CC2)[C@@H](Cc2ccc(Cl)cc2)CO1. The van der Waals surface area contributed by atoms with Gasteiger partial charge in [-0.3, -0.25) is 9.69 Å². The third kappa shape index (κ3) is 6.57. The van der Waals surface area contributed by atoms with E-state index in [9.17, 15) is 9.59 Å². The van der Waals surface area contributed by atoms with Crippen molar-refractivity contribution in [2.45, 2.75) is 63.8 Å². The standard InChI is InChI=1S/C23H34ClN3O4/c1-23(2,3)31-22(29)26-11-9-18(10-12-26)27-14-20(21(28)25-4)30-15-19(27)13-16-5-7-17(24)8-6-16/h5-8,18-20H,9-15H2,1-4H3,(H,25,28)/t19-,20?/m0/s1. The van der Waals surface area contributed by atoms with Gasteiger partial charge in [-0.1, -0.05) is 23.7 Å². The number of amides is 2. The summed E-state index contributed by atoms with van der Waals surface area (Å²) in [6.45, 7) is 7.98. The van der Waals surface area contributed by atoms with Gasteiger partial charge in [-0.05, 0) is 57.7 Å². The second-order valence-corrected chi connectivity index (χ2v) is 9.75. The maximum Gasteiger partial charge on any atom is 0.410 e. The molecule has 7 nitrogen and oxygen atoms in total. The first-order chi connectivity index (χ1) is 14.7. The van der Waals surface area contributed by atoms with Crippen molar-refractivity contribution in [1.29, 1.82) is 0 Å². The Kier molecular flexibility index (Phi) is 7.83. The van der Waals surface area contributed by atoms with E-state index >= 15 is 0 Å². The fraction of sp³-hybridized carbons (Fsp3) is 0.652. The zero-order chi connectivity index (χ0) is 22.6. The summed E-state index contributed by atoms with van der Waals surface area (Å²) in [4.78, 5) is 28.8. The molecule has 2 amide bonds. The van der Waals surface area contributed by atoms with Gasteiger partial charge in [0.05, 0.1) is 6.61 Å². The minimum absolute atomic E-state index is 0.0962. The second kappa shape index (κ2) is 10.2. The zero-order valence-electron chi connectivity index (χ0n) is 18.9. The van der Waals surface area contributed by atoms with Crippen molar-refractivity contribution in [3.63, 3.8) is 0 Å². The van der Waals surface area contributed by atoms with Crippen molar-refractivity contribution in [3.05, 3.63) is 34.9 Å². The number of nitrogens with zero attached hydrogens (tertiary/aromatic N) is 2. The van der Waals surface area contributed by atoms with Gasteiger partial charge in [-0.2, -0.15) is 0 Å². The van der Waals surface area contributed by atoms with E-state index in [1.165, 1.54) is 5.56 Å². The number of morpholine rings is 1. The van der Waals surface area contributed by atoms with Crippen LogP contribution in [0.4, 0.5) is 4.79 Å². The molecule has 3 rings (SSSR count). The highest BCUT2D eigenvalue weighted by molar-refractivity contribution is 6.30. The summed E-state index contributed by atoms with van der Waals surface area (Å²) in [6.07, 6.45) is 1.78. The first kappa shape index (κ1) is 23.8. The third-order valence-electron chi connectivity index (χ3n) is 5.84. The van der Waals surface area contributed by atoms with Crippen LogP contribution in [0.15, 0.2) is 24.3 Å². The molecule has 2 aliphatic rings. The maximum absolute atomic E-state index is 12.4. The fourth-order valence-corrected chi connectivity index (χ4v) is 4.38. The molecular weight excluding hydrogens is 418 g/mol. The number of ether oxygens (including phenoxy) is 2. The molecular formula is C23H34ClN3O4. The minimum atomic E-state index is -0.497. The number of piperidine rings is 1. The molecule has 172 valence electrons. The van der Waals surface area contributed by atoms with Gasteiger partial charge in [0.25, 0.3) is 0 Å². The van der Waals surface area contributed by atoms with Crippen LogP contribution in [0.5, 0.6) is 0 Å². The van der Waals surface area contributed by atoms with Gasteiger partial charge in [0.2, 0.25) is 5.91 Å². The van der Waals surface area contributed by atoms with E-state index in [1.807, 2.05) is 45.0 Å². The molecule has 8 heteroatoms. The Morgan fingerprint density at radius 2 is 1.84 bits per heavy atom. The van der Waals surface area contributed by atoms with Gasteiger partial charge >= 0.3 is 6.09 Å². The van der Waals surface area contributed by atoms with Crippen LogP contribution in [0.1, 0.15) is 39.2 Å². The molecule has 0 radical (unpaired) electrons. The number of halogens is 1. The lowest BCUT2D eigenvalue weighted by Crippen LogP contribution is -2.60. The van der Waals surface area contributed by atoms with Gasteiger partial charge in [-0.25, -0.2) is 4.79 Å². The number of likely N-dealkylation sites (tertiary alicyclic amines) is 1. The second-order valence-electron chi connectivity index (χ2n) is 9.32. The summed E-state index contributed by atoms with van der Waals surface area (Å²) >= 11 is 6.03. The van der Waals surface area contributed by atoms with Crippen molar-refractivity contribution >= 4 is 23.6 Å². The summed E-state index contributed by atoms with van der Waals surface area (Å²) < 4.78 is 11.4. The molecule has 0 aliphatic carbocycles. The van der Waals surface area contributed by atoms with Crippen LogP contribution in [-0.4, -0.2) is 78.9 Å². The molecule has 0 spiro atoms. The molecule has 0 saturated carbocycles. The van der Waals surface area contributed by atoms with Crippen LogP contribution in [0.25, 0.3) is 0 Å². The summed E-state index contributed by atoms with van der Waals surface area (Å²) in [5.41, 5.74) is 0.690. The monoisotopic (exact) mass is 451 g/mol. The largest absolute Gasteiger partial charge is 0.444 e. The Labute approximate surface area is 190 Å². The number of carbonyl (C=O) groups is 2. The number of rotatable bonds is 4. The van der Waals surface area contributed by atoms with E-state index in [0.29, 0.717) is 26.2 Å². The molecule has 1 aromatic rings. The van der Waals surface area contributed by atoms with E-state index in [2.05, 4.69) is 10.2 Å². The van der Waals surface area contributed by atoms with Crippen LogP contribution >= 0.6 is 11.6 Å². The predicted molar refractivity (Wildman–Crippen MR) is 120 cm³/mol.